The standard InChI is InChI=1S/C31H26ClF4N5O4/c32-24-4-2-1-3-23(24)27(28(42)39-21-5-9-31(35,36)10-6-21)40(22-15-19(33)14-20(34)16-22)29(43)25-8-12-45-30(44)41(25)26-13-18(17-37)7-11-38-26/h1-4,7,11,13-16,21,25,27H,5-6,8-10,12H2,(H,39,42)/t25-,27-/m0/s1. The van der Waals surface area contributed by atoms with Gasteiger partial charge in [0.15, 0.2) is 0 Å². The molecule has 234 valence electrons. The summed E-state index contributed by atoms with van der Waals surface area (Å²) in [6.07, 6.45) is -0.842. The summed E-state index contributed by atoms with van der Waals surface area (Å²) in [6, 6.07) is 9.11. The van der Waals surface area contributed by atoms with Gasteiger partial charge in [-0.05, 0) is 43.2 Å². The first-order valence-corrected chi connectivity index (χ1v) is 14.4. The molecule has 1 saturated heterocycles. The van der Waals surface area contributed by atoms with Crippen molar-refractivity contribution in [2.24, 2.45) is 0 Å². The Morgan fingerprint density at radius 3 is 2.44 bits per heavy atom. The van der Waals surface area contributed by atoms with E-state index in [1.165, 1.54) is 30.5 Å². The van der Waals surface area contributed by atoms with Crippen molar-refractivity contribution in [3.63, 3.8) is 0 Å². The van der Waals surface area contributed by atoms with Crippen LogP contribution in [0.1, 0.15) is 49.3 Å². The molecular formula is C31H26ClF4N5O4. The maximum atomic E-state index is 14.7. The molecule has 1 saturated carbocycles. The zero-order chi connectivity index (χ0) is 32.3. The van der Waals surface area contributed by atoms with E-state index in [4.69, 9.17) is 16.3 Å². The molecule has 0 spiro atoms. The summed E-state index contributed by atoms with van der Waals surface area (Å²) in [4.78, 5) is 47.6. The highest BCUT2D eigenvalue weighted by Gasteiger charge is 2.45. The zero-order valence-corrected chi connectivity index (χ0v) is 24.3. The van der Waals surface area contributed by atoms with Gasteiger partial charge in [0, 0.05) is 48.2 Å². The van der Waals surface area contributed by atoms with Crippen LogP contribution < -0.4 is 15.1 Å². The largest absolute Gasteiger partial charge is 0.449 e. The number of carbonyl (C=O) groups is 3. The molecule has 2 atom stereocenters. The van der Waals surface area contributed by atoms with Crippen molar-refractivity contribution in [2.75, 3.05) is 16.4 Å². The Hall–Kier alpha value is -4.70. The van der Waals surface area contributed by atoms with Gasteiger partial charge in [0.25, 0.3) is 5.91 Å². The van der Waals surface area contributed by atoms with E-state index in [1.54, 1.807) is 12.1 Å². The zero-order valence-electron chi connectivity index (χ0n) is 23.6. The van der Waals surface area contributed by atoms with Crippen molar-refractivity contribution in [2.45, 2.75) is 56.2 Å². The predicted octanol–water partition coefficient (Wildman–Crippen LogP) is 6.07. The van der Waals surface area contributed by atoms with E-state index in [0.717, 1.165) is 21.9 Å². The average molecular weight is 644 g/mol. The highest BCUT2D eigenvalue weighted by Crippen LogP contribution is 2.37. The van der Waals surface area contributed by atoms with Gasteiger partial charge in [0.05, 0.1) is 23.9 Å². The first kappa shape index (κ1) is 31.7. The van der Waals surface area contributed by atoms with Crippen LogP contribution in [0.25, 0.3) is 0 Å². The minimum absolute atomic E-state index is 0.0331. The van der Waals surface area contributed by atoms with Crippen LogP contribution in [0.4, 0.5) is 33.9 Å². The molecule has 2 fully saturated rings. The Kier molecular flexibility index (Phi) is 9.24. The number of nitriles is 1. The van der Waals surface area contributed by atoms with E-state index >= 15 is 0 Å². The number of halogens is 5. The quantitative estimate of drug-likeness (QED) is 0.313. The number of ether oxygens (including phenoxy) is 1. The smallest absolute Gasteiger partial charge is 0.416 e. The number of benzene rings is 2. The average Bonchev–Trinajstić information content (AvgIpc) is 3.00. The number of amides is 3. The summed E-state index contributed by atoms with van der Waals surface area (Å²) in [5.41, 5.74) is -0.171. The van der Waals surface area contributed by atoms with Crippen LogP contribution in [0, 0.1) is 23.0 Å². The minimum atomic E-state index is -2.87. The molecule has 9 nitrogen and oxygen atoms in total. The van der Waals surface area contributed by atoms with Crippen LogP contribution >= 0.6 is 11.6 Å². The molecule has 0 bridgehead atoms. The van der Waals surface area contributed by atoms with Crippen LogP contribution in [-0.4, -0.2) is 47.5 Å². The number of hydrogen-bond donors (Lipinski definition) is 1. The molecule has 1 aromatic heterocycles. The molecule has 2 aromatic carbocycles. The van der Waals surface area contributed by atoms with Crippen LogP contribution in [-0.2, 0) is 14.3 Å². The van der Waals surface area contributed by atoms with E-state index < -0.39 is 66.4 Å². The Balaban J connectivity index is 1.63. The number of alkyl halides is 2. The lowest BCUT2D eigenvalue weighted by atomic mass is 9.91. The molecule has 0 radical (unpaired) electrons. The lowest BCUT2D eigenvalue weighted by Gasteiger charge is -2.39. The first-order chi connectivity index (χ1) is 21.5. The Morgan fingerprint density at radius 1 is 1.09 bits per heavy atom. The summed E-state index contributed by atoms with van der Waals surface area (Å²) in [7, 11) is 0. The van der Waals surface area contributed by atoms with Gasteiger partial charge in [-0.2, -0.15) is 5.26 Å². The Labute approximate surface area is 260 Å². The molecular weight excluding hydrogens is 618 g/mol. The minimum Gasteiger partial charge on any atom is -0.449 e. The molecule has 45 heavy (non-hydrogen) atoms. The van der Waals surface area contributed by atoms with Gasteiger partial charge in [-0.25, -0.2) is 32.2 Å². The van der Waals surface area contributed by atoms with E-state index in [9.17, 15) is 37.2 Å². The number of aromatic nitrogens is 1. The molecule has 1 N–H and O–H groups in total. The lowest BCUT2D eigenvalue weighted by Crippen LogP contribution is -2.57. The number of nitrogens with one attached hydrogen (secondary N) is 1. The van der Waals surface area contributed by atoms with E-state index in [0.29, 0.717) is 6.07 Å². The second kappa shape index (κ2) is 13.1. The van der Waals surface area contributed by atoms with Gasteiger partial charge in [-0.15, -0.1) is 0 Å². The van der Waals surface area contributed by atoms with E-state index in [1.807, 2.05) is 6.07 Å². The van der Waals surface area contributed by atoms with E-state index in [-0.39, 0.29) is 53.5 Å². The molecule has 2 aliphatic rings. The van der Waals surface area contributed by atoms with Gasteiger partial charge in [0.1, 0.15) is 29.5 Å². The Bertz CT molecular complexity index is 1640. The van der Waals surface area contributed by atoms with Gasteiger partial charge < -0.3 is 10.1 Å². The SMILES string of the molecule is N#Cc1ccnc(N2C(=O)OCC[C@H]2C(=O)N(c2cc(F)cc(F)c2)[C@H](C(=O)NC2CCC(F)(F)CC2)c2ccccc2Cl)c1. The fourth-order valence-corrected chi connectivity index (χ4v) is 5.73. The van der Waals surface area contributed by atoms with Gasteiger partial charge in [-0.3, -0.25) is 14.5 Å². The van der Waals surface area contributed by atoms with Crippen LogP contribution in [0.3, 0.4) is 0 Å². The fraction of sp³-hybridized carbons (Fsp3) is 0.323. The molecule has 1 aliphatic heterocycles. The number of anilines is 2. The van der Waals surface area contributed by atoms with Crippen molar-refractivity contribution >= 4 is 41.0 Å². The van der Waals surface area contributed by atoms with Gasteiger partial charge in [-0.1, -0.05) is 29.8 Å². The number of pyridine rings is 1. The molecule has 3 aromatic rings. The highest BCUT2D eigenvalue weighted by atomic mass is 35.5. The van der Waals surface area contributed by atoms with Crippen LogP contribution in [0.15, 0.2) is 60.8 Å². The lowest BCUT2D eigenvalue weighted by molar-refractivity contribution is -0.128. The summed E-state index contributed by atoms with van der Waals surface area (Å²) >= 11 is 6.52. The van der Waals surface area contributed by atoms with Crippen molar-refractivity contribution in [1.29, 1.82) is 5.26 Å². The molecule has 14 heteroatoms. The third kappa shape index (κ3) is 7.01. The second-order valence-corrected chi connectivity index (χ2v) is 11.1. The summed E-state index contributed by atoms with van der Waals surface area (Å²) in [5.74, 6) is -6.88. The number of hydrogen-bond acceptors (Lipinski definition) is 6. The molecule has 0 unspecified atom stereocenters. The summed E-state index contributed by atoms with van der Waals surface area (Å²) in [6.45, 7) is -0.214. The fourth-order valence-electron chi connectivity index (χ4n) is 5.49. The van der Waals surface area contributed by atoms with Crippen molar-refractivity contribution in [3.05, 3.63) is 88.6 Å². The maximum absolute atomic E-state index is 14.7. The van der Waals surface area contributed by atoms with Gasteiger partial charge >= 0.3 is 6.09 Å². The normalized spacial score (nSPS) is 18.8. The van der Waals surface area contributed by atoms with Crippen molar-refractivity contribution in [3.8, 4) is 6.07 Å². The topological polar surface area (TPSA) is 116 Å². The van der Waals surface area contributed by atoms with Crippen LogP contribution in [0.2, 0.25) is 5.02 Å². The summed E-state index contributed by atoms with van der Waals surface area (Å²) < 4.78 is 62.2. The molecule has 5 rings (SSSR count). The second-order valence-electron chi connectivity index (χ2n) is 10.7. The predicted molar refractivity (Wildman–Crippen MR) is 155 cm³/mol. The van der Waals surface area contributed by atoms with Crippen molar-refractivity contribution in [1.82, 2.24) is 10.3 Å². The molecule has 3 amide bonds. The monoisotopic (exact) mass is 643 g/mol. The van der Waals surface area contributed by atoms with E-state index in [2.05, 4.69) is 10.3 Å². The number of nitrogens with zero attached hydrogens (tertiary/aromatic N) is 4. The highest BCUT2D eigenvalue weighted by molar-refractivity contribution is 6.31. The van der Waals surface area contributed by atoms with Crippen molar-refractivity contribution < 1.29 is 36.7 Å². The Morgan fingerprint density at radius 2 is 1.78 bits per heavy atom. The third-order valence-corrected chi connectivity index (χ3v) is 8.01. The summed E-state index contributed by atoms with van der Waals surface area (Å²) in [5, 5.41) is 12.1. The van der Waals surface area contributed by atoms with Gasteiger partial charge in [0.2, 0.25) is 11.8 Å². The molecule has 1 aliphatic carbocycles. The number of carbonyl (C=O) groups excluding carboxylic acids is 3. The molecule has 2 heterocycles. The third-order valence-electron chi connectivity index (χ3n) is 7.66. The van der Waals surface area contributed by atoms with Crippen LogP contribution in [0.5, 0.6) is 0 Å². The first-order valence-electron chi connectivity index (χ1n) is 14.0. The number of rotatable bonds is 7. The number of cyclic esters (lactones) is 1. The maximum Gasteiger partial charge on any atom is 0.416 e.